The molecule has 6 nitrogen and oxygen atoms in total. The maximum atomic E-state index is 12.2. The summed E-state index contributed by atoms with van der Waals surface area (Å²) in [5, 5.41) is 9.13. The molecule has 0 saturated heterocycles. The van der Waals surface area contributed by atoms with Crippen molar-refractivity contribution in [1.82, 2.24) is 4.98 Å². The first-order chi connectivity index (χ1) is 8.83. The molecule has 1 N–H and O–H groups in total. The molecule has 0 radical (unpaired) electrons. The number of carbonyl (C=O) groups excluding carboxylic acids is 1. The number of anilines is 1. The van der Waals surface area contributed by atoms with Crippen molar-refractivity contribution in [2.24, 2.45) is 5.41 Å². The Hall–Kier alpha value is -2.11. The molecule has 6 heteroatoms. The third kappa shape index (κ3) is 2.38. The molecule has 19 heavy (non-hydrogen) atoms. The lowest BCUT2D eigenvalue weighted by Crippen LogP contribution is -2.47. The van der Waals surface area contributed by atoms with Crippen LogP contribution in [0.5, 0.6) is 5.75 Å². The summed E-state index contributed by atoms with van der Waals surface area (Å²) < 4.78 is 5.58. The Morgan fingerprint density at radius 3 is 2.89 bits per heavy atom. The number of carboxylic acid groups (broad SMARTS) is 1. The van der Waals surface area contributed by atoms with Gasteiger partial charge in [-0.3, -0.25) is 14.5 Å². The summed E-state index contributed by atoms with van der Waals surface area (Å²) in [4.78, 5) is 28.8. The molecule has 1 unspecified atom stereocenters. The molecule has 1 aliphatic heterocycles. The van der Waals surface area contributed by atoms with Gasteiger partial charge in [0, 0.05) is 19.7 Å². The Bertz CT molecular complexity index is 527. The van der Waals surface area contributed by atoms with Crippen LogP contribution in [0, 0.1) is 5.41 Å². The lowest BCUT2D eigenvalue weighted by Gasteiger charge is -2.33. The molecule has 1 aromatic rings. The van der Waals surface area contributed by atoms with Crippen molar-refractivity contribution < 1.29 is 19.4 Å². The van der Waals surface area contributed by atoms with Crippen molar-refractivity contribution in [3.05, 3.63) is 18.3 Å². The fourth-order valence-electron chi connectivity index (χ4n) is 1.93. The van der Waals surface area contributed by atoms with Gasteiger partial charge in [-0.2, -0.15) is 0 Å². The Balaban J connectivity index is 2.27. The van der Waals surface area contributed by atoms with Crippen molar-refractivity contribution in [2.45, 2.75) is 26.4 Å². The van der Waals surface area contributed by atoms with Crippen LogP contribution in [0.3, 0.4) is 0 Å². The van der Waals surface area contributed by atoms with Crippen LogP contribution in [0.15, 0.2) is 18.3 Å². The van der Waals surface area contributed by atoms with Crippen LogP contribution in [0.2, 0.25) is 0 Å². The monoisotopic (exact) mass is 264 g/mol. The highest BCUT2D eigenvalue weighted by Gasteiger charge is 2.39. The number of ether oxygens (including phenoxy) is 1. The summed E-state index contributed by atoms with van der Waals surface area (Å²) in [6, 6.07) is 3.42. The van der Waals surface area contributed by atoms with E-state index in [1.807, 2.05) is 0 Å². The molecule has 2 rings (SSSR count). The average molecular weight is 264 g/mol. The van der Waals surface area contributed by atoms with Crippen LogP contribution in [-0.4, -0.2) is 35.1 Å². The van der Waals surface area contributed by atoms with Crippen molar-refractivity contribution in [3.8, 4) is 5.75 Å². The number of hydrogen-bond donors (Lipinski definition) is 1. The maximum Gasteiger partial charge on any atom is 0.309 e. The van der Waals surface area contributed by atoms with Crippen molar-refractivity contribution >= 4 is 17.7 Å². The van der Waals surface area contributed by atoms with Crippen molar-refractivity contribution in [1.29, 1.82) is 0 Å². The molecule has 0 aromatic carbocycles. The van der Waals surface area contributed by atoms with Crippen LogP contribution in [0.25, 0.3) is 0 Å². The zero-order valence-corrected chi connectivity index (χ0v) is 11.1. The predicted octanol–water partition coefficient (Wildman–Crippen LogP) is 1.31. The number of carboxylic acids is 1. The standard InChI is InChI=1S/C13H16N2O4/c1-13(2,12(17)18)7-9-11(16)15(3)10-8(19-9)5-4-6-14-10/h4-6,9H,7H2,1-3H3,(H,17,18). The highest BCUT2D eigenvalue weighted by Crippen LogP contribution is 2.34. The molecule has 0 spiro atoms. The number of fused-ring (bicyclic) bond motifs is 1. The predicted molar refractivity (Wildman–Crippen MR) is 68.1 cm³/mol. The van der Waals surface area contributed by atoms with Crippen LogP contribution in [-0.2, 0) is 9.59 Å². The molecule has 0 fully saturated rings. The Morgan fingerprint density at radius 1 is 1.58 bits per heavy atom. The number of pyridine rings is 1. The summed E-state index contributed by atoms with van der Waals surface area (Å²) >= 11 is 0. The first-order valence-electron chi connectivity index (χ1n) is 5.95. The number of rotatable bonds is 3. The van der Waals surface area contributed by atoms with Gasteiger partial charge < -0.3 is 9.84 Å². The summed E-state index contributed by atoms with van der Waals surface area (Å²) in [6.07, 6.45) is 0.889. The third-order valence-corrected chi connectivity index (χ3v) is 3.22. The quantitative estimate of drug-likeness (QED) is 0.890. The Labute approximate surface area is 111 Å². The SMILES string of the molecule is CN1C(=O)C(CC(C)(C)C(=O)O)Oc2cccnc21. The van der Waals surface area contributed by atoms with Gasteiger partial charge >= 0.3 is 5.97 Å². The second-order valence-corrected chi connectivity index (χ2v) is 5.22. The zero-order chi connectivity index (χ0) is 14.2. The van der Waals surface area contributed by atoms with Gasteiger partial charge in [0.05, 0.1) is 5.41 Å². The van der Waals surface area contributed by atoms with E-state index < -0.39 is 17.5 Å². The lowest BCUT2D eigenvalue weighted by atomic mass is 9.86. The van der Waals surface area contributed by atoms with Crippen LogP contribution < -0.4 is 9.64 Å². The van der Waals surface area contributed by atoms with Crippen LogP contribution in [0.1, 0.15) is 20.3 Å². The Morgan fingerprint density at radius 2 is 2.26 bits per heavy atom. The first kappa shape index (κ1) is 13.3. The second kappa shape index (κ2) is 4.53. The molecule has 1 aliphatic rings. The molecule has 0 bridgehead atoms. The fourth-order valence-corrected chi connectivity index (χ4v) is 1.93. The zero-order valence-electron chi connectivity index (χ0n) is 11.1. The number of nitrogens with zero attached hydrogens (tertiary/aromatic N) is 2. The number of carbonyl (C=O) groups is 2. The minimum Gasteiger partial charge on any atom is -0.481 e. The summed E-state index contributed by atoms with van der Waals surface area (Å²) in [5.41, 5.74) is -1.03. The van der Waals surface area contributed by atoms with Gasteiger partial charge in [0.2, 0.25) is 0 Å². The smallest absolute Gasteiger partial charge is 0.309 e. The third-order valence-electron chi connectivity index (χ3n) is 3.22. The molecular weight excluding hydrogens is 248 g/mol. The minimum atomic E-state index is -1.03. The first-order valence-corrected chi connectivity index (χ1v) is 5.95. The topological polar surface area (TPSA) is 79.7 Å². The van der Waals surface area contributed by atoms with Gasteiger partial charge in [-0.05, 0) is 26.0 Å². The van der Waals surface area contributed by atoms with Gasteiger partial charge in [0.15, 0.2) is 17.7 Å². The van der Waals surface area contributed by atoms with Gasteiger partial charge in [-0.25, -0.2) is 4.98 Å². The molecule has 2 heterocycles. The lowest BCUT2D eigenvalue weighted by molar-refractivity contribution is -0.149. The van der Waals surface area contributed by atoms with E-state index >= 15 is 0 Å². The van der Waals surface area contributed by atoms with Gasteiger partial charge in [0.1, 0.15) is 0 Å². The number of hydrogen-bond acceptors (Lipinski definition) is 4. The largest absolute Gasteiger partial charge is 0.481 e. The van der Waals surface area contributed by atoms with E-state index in [4.69, 9.17) is 9.84 Å². The number of likely N-dealkylation sites (N-methyl/N-ethyl adjacent to an activating group) is 1. The highest BCUT2D eigenvalue weighted by molar-refractivity contribution is 5.98. The van der Waals surface area contributed by atoms with E-state index in [-0.39, 0.29) is 12.3 Å². The minimum absolute atomic E-state index is 0.111. The van der Waals surface area contributed by atoms with Gasteiger partial charge in [0.25, 0.3) is 5.91 Å². The van der Waals surface area contributed by atoms with Crippen LogP contribution >= 0.6 is 0 Å². The maximum absolute atomic E-state index is 12.2. The van der Waals surface area contributed by atoms with E-state index in [9.17, 15) is 9.59 Å². The molecule has 1 aromatic heterocycles. The highest BCUT2D eigenvalue weighted by atomic mass is 16.5. The normalized spacial score (nSPS) is 18.8. The van der Waals surface area contributed by atoms with Crippen LogP contribution in [0.4, 0.5) is 5.82 Å². The van der Waals surface area contributed by atoms with E-state index in [1.54, 1.807) is 39.2 Å². The number of aromatic nitrogens is 1. The fraction of sp³-hybridized carbons (Fsp3) is 0.462. The molecule has 0 saturated carbocycles. The van der Waals surface area contributed by atoms with E-state index in [0.717, 1.165) is 0 Å². The number of amides is 1. The molecule has 1 amide bonds. The summed E-state index contributed by atoms with van der Waals surface area (Å²) in [5.74, 6) is -0.281. The molecular formula is C13H16N2O4. The summed E-state index contributed by atoms with van der Waals surface area (Å²) in [7, 11) is 1.61. The second-order valence-electron chi connectivity index (χ2n) is 5.22. The molecule has 0 aliphatic carbocycles. The van der Waals surface area contributed by atoms with Crippen molar-refractivity contribution in [2.75, 3.05) is 11.9 Å². The van der Waals surface area contributed by atoms with E-state index in [2.05, 4.69) is 4.98 Å². The average Bonchev–Trinajstić information content (AvgIpc) is 2.35. The van der Waals surface area contributed by atoms with Gasteiger partial charge in [-0.15, -0.1) is 0 Å². The van der Waals surface area contributed by atoms with Crippen molar-refractivity contribution in [3.63, 3.8) is 0 Å². The number of aliphatic carboxylic acids is 1. The van der Waals surface area contributed by atoms with Gasteiger partial charge in [-0.1, -0.05) is 0 Å². The Kier molecular flexibility index (Phi) is 3.18. The van der Waals surface area contributed by atoms with E-state index in [1.165, 1.54) is 4.90 Å². The molecule has 102 valence electrons. The van der Waals surface area contributed by atoms with E-state index in [0.29, 0.717) is 11.6 Å². The summed E-state index contributed by atoms with van der Waals surface area (Å²) in [6.45, 7) is 3.15. The molecule has 1 atom stereocenters.